The molecular weight excluding hydrogens is 278 g/mol. The van der Waals surface area contributed by atoms with Crippen molar-refractivity contribution in [1.29, 1.82) is 0 Å². The molecule has 5 heteroatoms. The highest BCUT2D eigenvalue weighted by atomic mass is 32.2. The summed E-state index contributed by atoms with van der Waals surface area (Å²) in [6.07, 6.45) is 2.37. The number of nitrogens with two attached hydrogens (primary N) is 1. The molecule has 2 N–H and O–H groups in total. The predicted octanol–water partition coefficient (Wildman–Crippen LogP) is 2.99. The molecule has 0 aromatic heterocycles. The minimum atomic E-state index is 0.196. The molecule has 0 spiro atoms. The monoisotopic (exact) mass is 297 g/mol. The highest BCUT2D eigenvalue weighted by Gasteiger charge is 2.18. The topological polar surface area (TPSA) is 44.5 Å². The van der Waals surface area contributed by atoms with Gasteiger partial charge in [-0.05, 0) is 30.7 Å². The Morgan fingerprint density at radius 1 is 1.58 bits per heavy atom. The van der Waals surface area contributed by atoms with Crippen LogP contribution in [0.3, 0.4) is 0 Å². The zero-order valence-corrected chi connectivity index (χ0v) is 12.7. The normalized spacial score (nSPS) is 18.5. The van der Waals surface area contributed by atoms with E-state index < -0.39 is 0 Å². The Kier molecular flexibility index (Phi) is 5.48. The molecule has 0 aliphatic carbocycles. The van der Waals surface area contributed by atoms with Crippen LogP contribution in [0.15, 0.2) is 23.1 Å². The van der Waals surface area contributed by atoms with Gasteiger partial charge in [0.25, 0.3) is 0 Å². The fourth-order valence-corrected chi connectivity index (χ4v) is 3.22. The first-order valence-corrected chi connectivity index (χ1v) is 7.91. The Hall–Kier alpha value is -0.780. The highest BCUT2D eigenvalue weighted by molar-refractivity contribution is 7.99. The molecular formula is C14H19NO2S2. The Labute approximate surface area is 123 Å². The molecule has 1 aromatic rings. The third kappa shape index (κ3) is 3.84. The quantitative estimate of drug-likeness (QED) is 0.646. The van der Waals surface area contributed by atoms with Crippen LogP contribution in [-0.2, 0) is 4.74 Å². The van der Waals surface area contributed by atoms with Gasteiger partial charge in [0.1, 0.15) is 17.3 Å². The van der Waals surface area contributed by atoms with E-state index in [2.05, 4.69) is 6.92 Å². The maximum Gasteiger partial charge on any atom is 0.130 e. The molecule has 104 valence electrons. The number of benzene rings is 1. The van der Waals surface area contributed by atoms with Crippen molar-refractivity contribution in [2.24, 2.45) is 5.73 Å². The molecule has 1 fully saturated rings. The summed E-state index contributed by atoms with van der Waals surface area (Å²) < 4.78 is 11.4. The van der Waals surface area contributed by atoms with Crippen LogP contribution in [0.5, 0.6) is 5.75 Å². The second-order valence-electron chi connectivity index (χ2n) is 4.37. The first-order valence-electron chi connectivity index (χ1n) is 6.52. The van der Waals surface area contributed by atoms with E-state index in [1.54, 1.807) is 11.8 Å². The summed E-state index contributed by atoms with van der Waals surface area (Å²) in [6, 6.07) is 5.93. The van der Waals surface area contributed by atoms with Crippen molar-refractivity contribution in [3.63, 3.8) is 0 Å². The van der Waals surface area contributed by atoms with Gasteiger partial charge in [-0.3, -0.25) is 0 Å². The van der Waals surface area contributed by atoms with Crippen LogP contribution in [-0.4, -0.2) is 30.1 Å². The van der Waals surface area contributed by atoms with Gasteiger partial charge in [0.05, 0.1) is 11.7 Å². The van der Waals surface area contributed by atoms with Crippen molar-refractivity contribution in [2.75, 3.05) is 19.0 Å². The Bertz CT molecular complexity index is 445. The minimum absolute atomic E-state index is 0.196. The van der Waals surface area contributed by atoms with Gasteiger partial charge < -0.3 is 15.2 Å². The first kappa shape index (κ1) is 14.6. The lowest BCUT2D eigenvalue weighted by Gasteiger charge is -2.16. The minimum Gasteiger partial charge on any atom is -0.490 e. The van der Waals surface area contributed by atoms with E-state index in [0.29, 0.717) is 11.6 Å². The lowest BCUT2D eigenvalue weighted by atomic mass is 10.2. The average Bonchev–Trinajstić information content (AvgIpc) is 2.89. The fraction of sp³-hybridized carbons (Fsp3) is 0.500. The number of thioether (sulfide) groups is 1. The number of ether oxygens (including phenoxy) is 2. The highest BCUT2D eigenvalue weighted by Crippen LogP contribution is 2.30. The van der Waals surface area contributed by atoms with Crippen molar-refractivity contribution in [3.05, 3.63) is 23.8 Å². The molecule has 3 nitrogen and oxygen atoms in total. The number of hydrogen-bond acceptors (Lipinski definition) is 4. The smallest absolute Gasteiger partial charge is 0.130 e. The Balaban J connectivity index is 2.13. The van der Waals surface area contributed by atoms with Crippen LogP contribution >= 0.6 is 24.0 Å². The van der Waals surface area contributed by atoms with Crippen LogP contribution in [0.25, 0.3) is 0 Å². The molecule has 0 amide bonds. The van der Waals surface area contributed by atoms with E-state index in [-0.39, 0.29) is 6.10 Å². The molecule has 1 aliphatic rings. The predicted molar refractivity (Wildman–Crippen MR) is 83.2 cm³/mol. The number of rotatable bonds is 6. The molecule has 1 atom stereocenters. The zero-order valence-electron chi connectivity index (χ0n) is 11.1. The third-order valence-electron chi connectivity index (χ3n) is 2.98. The van der Waals surface area contributed by atoms with E-state index in [0.717, 1.165) is 41.4 Å². The van der Waals surface area contributed by atoms with Crippen LogP contribution in [0.2, 0.25) is 0 Å². The molecule has 1 heterocycles. The van der Waals surface area contributed by atoms with Gasteiger partial charge in [-0.25, -0.2) is 0 Å². The Morgan fingerprint density at radius 2 is 2.42 bits per heavy atom. The summed E-state index contributed by atoms with van der Waals surface area (Å²) in [5.74, 6) is 1.74. The summed E-state index contributed by atoms with van der Waals surface area (Å²) in [4.78, 5) is 1.47. The Morgan fingerprint density at radius 3 is 3.05 bits per heavy atom. The molecule has 0 bridgehead atoms. The second-order valence-corrected chi connectivity index (χ2v) is 6.12. The van der Waals surface area contributed by atoms with Gasteiger partial charge >= 0.3 is 0 Å². The van der Waals surface area contributed by atoms with Crippen LogP contribution in [0.1, 0.15) is 25.3 Å². The molecule has 1 unspecified atom stereocenters. The standard InChI is InChI=1S/C14H19NO2S2/c1-2-19-12-7-3-6-11(13(12)14(15)18)17-9-10-5-4-8-16-10/h3,6-7,10H,2,4-5,8-9H2,1H3,(H2,15,18). The maximum absolute atomic E-state index is 5.86. The van der Waals surface area contributed by atoms with Crippen molar-refractivity contribution in [3.8, 4) is 5.75 Å². The third-order valence-corrected chi connectivity index (χ3v) is 4.13. The van der Waals surface area contributed by atoms with Crippen molar-refractivity contribution >= 4 is 29.0 Å². The van der Waals surface area contributed by atoms with Crippen molar-refractivity contribution in [1.82, 2.24) is 0 Å². The van der Waals surface area contributed by atoms with Crippen molar-refractivity contribution in [2.45, 2.75) is 30.8 Å². The van der Waals surface area contributed by atoms with Gasteiger partial charge in [0.15, 0.2) is 0 Å². The maximum atomic E-state index is 5.86. The van der Waals surface area contributed by atoms with E-state index in [1.165, 1.54) is 0 Å². The first-order chi connectivity index (χ1) is 9.22. The van der Waals surface area contributed by atoms with E-state index >= 15 is 0 Å². The van der Waals surface area contributed by atoms with Crippen molar-refractivity contribution < 1.29 is 9.47 Å². The van der Waals surface area contributed by atoms with Gasteiger partial charge in [-0.15, -0.1) is 11.8 Å². The van der Waals surface area contributed by atoms with Crippen LogP contribution in [0, 0.1) is 0 Å². The van der Waals surface area contributed by atoms with Gasteiger partial charge in [0, 0.05) is 11.5 Å². The molecule has 1 aliphatic heterocycles. The van der Waals surface area contributed by atoms with Gasteiger partial charge in [0.2, 0.25) is 0 Å². The molecule has 19 heavy (non-hydrogen) atoms. The molecule has 1 saturated heterocycles. The molecule has 0 saturated carbocycles. The number of thiocarbonyl (C=S) groups is 1. The molecule has 2 rings (SSSR count). The summed E-state index contributed by atoms with van der Waals surface area (Å²) in [6.45, 7) is 3.51. The lowest BCUT2D eigenvalue weighted by Crippen LogP contribution is -2.19. The van der Waals surface area contributed by atoms with Gasteiger partial charge in [-0.1, -0.05) is 25.2 Å². The molecule has 1 aromatic carbocycles. The number of hydrogen-bond donors (Lipinski definition) is 1. The zero-order chi connectivity index (χ0) is 13.7. The largest absolute Gasteiger partial charge is 0.490 e. The summed E-state index contributed by atoms with van der Waals surface area (Å²) in [5.41, 5.74) is 6.69. The van der Waals surface area contributed by atoms with E-state index in [4.69, 9.17) is 27.4 Å². The average molecular weight is 297 g/mol. The van der Waals surface area contributed by atoms with E-state index in [9.17, 15) is 0 Å². The summed E-state index contributed by atoms with van der Waals surface area (Å²) in [5, 5.41) is 0. The summed E-state index contributed by atoms with van der Waals surface area (Å²) in [7, 11) is 0. The van der Waals surface area contributed by atoms with E-state index in [1.807, 2.05) is 18.2 Å². The second kappa shape index (κ2) is 7.12. The summed E-state index contributed by atoms with van der Waals surface area (Å²) >= 11 is 6.88. The molecule has 0 radical (unpaired) electrons. The van der Waals surface area contributed by atoms with Crippen LogP contribution in [0.4, 0.5) is 0 Å². The van der Waals surface area contributed by atoms with Crippen LogP contribution < -0.4 is 10.5 Å². The lowest BCUT2D eigenvalue weighted by molar-refractivity contribution is 0.0678. The SMILES string of the molecule is CCSc1cccc(OCC2CCCO2)c1C(N)=S. The van der Waals surface area contributed by atoms with Gasteiger partial charge in [-0.2, -0.15) is 0 Å². The fourth-order valence-electron chi connectivity index (χ4n) is 2.11.